The number of methoxy groups -OCH3 is 2. The van der Waals surface area contributed by atoms with E-state index >= 15 is 0 Å². The highest BCUT2D eigenvalue weighted by Gasteiger charge is 2.31. The van der Waals surface area contributed by atoms with Crippen molar-refractivity contribution in [3.63, 3.8) is 0 Å². The second kappa shape index (κ2) is 6.16. The third kappa shape index (κ3) is 2.92. The van der Waals surface area contributed by atoms with E-state index in [-0.39, 0.29) is 12.2 Å². The highest BCUT2D eigenvalue weighted by molar-refractivity contribution is 5.90. The molecule has 2 atom stereocenters. The van der Waals surface area contributed by atoms with Crippen molar-refractivity contribution in [1.82, 2.24) is 4.98 Å². The first-order valence-corrected chi connectivity index (χ1v) is 7.18. The fourth-order valence-corrected chi connectivity index (χ4v) is 2.42. The van der Waals surface area contributed by atoms with Crippen molar-refractivity contribution in [3.05, 3.63) is 47.8 Å². The topological polar surface area (TPSA) is 66.9 Å². The highest BCUT2D eigenvalue weighted by atomic mass is 16.6. The lowest BCUT2D eigenvalue weighted by Gasteiger charge is -2.31. The number of hydrogen-bond donors (Lipinski definition) is 0. The van der Waals surface area contributed by atoms with Gasteiger partial charge in [0.15, 0.2) is 17.6 Å². The summed E-state index contributed by atoms with van der Waals surface area (Å²) in [5.41, 5.74) is 1.14. The molecule has 1 aromatic carbocycles. The van der Waals surface area contributed by atoms with Gasteiger partial charge in [-0.1, -0.05) is 0 Å². The largest absolute Gasteiger partial charge is 0.495 e. The summed E-state index contributed by atoms with van der Waals surface area (Å²) in [6, 6.07) is 8.61. The lowest BCUT2D eigenvalue weighted by Crippen LogP contribution is -2.31. The first-order valence-electron chi connectivity index (χ1n) is 7.18. The van der Waals surface area contributed by atoms with Crippen molar-refractivity contribution in [2.75, 3.05) is 14.2 Å². The Bertz CT molecular complexity index is 713. The normalized spacial score (nSPS) is 19.1. The summed E-state index contributed by atoms with van der Waals surface area (Å²) < 4.78 is 21.7. The average Bonchev–Trinajstić information content (AvgIpc) is 2.60. The standard InChI is InChI=1S/C17H17NO5/c1-10-16(13-6-5-12(20-2)9-18-13)23-15-8-11(17(19)21-3)4-7-14(15)22-10/h4-10,16H,1-3H3. The van der Waals surface area contributed by atoms with Crippen molar-refractivity contribution in [3.8, 4) is 17.2 Å². The molecule has 120 valence electrons. The summed E-state index contributed by atoms with van der Waals surface area (Å²) in [5.74, 6) is 1.34. The summed E-state index contributed by atoms with van der Waals surface area (Å²) >= 11 is 0. The quantitative estimate of drug-likeness (QED) is 0.811. The Balaban J connectivity index is 1.89. The van der Waals surface area contributed by atoms with Crippen LogP contribution in [0.3, 0.4) is 0 Å². The van der Waals surface area contributed by atoms with Gasteiger partial charge in [0, 0.05) is 0 Å². The molecule has 2 heterocycles. The Morgan fingerprint density at radius 3 is 2.61 bits per heavy atom. The van der Waals surface area contributed by atoms with Crippen LogP contribution in [0.1, 0.15) is 29.1 Å². The van der Waals surface area contributed by atoms with Crippen LogP contribution in [-0.2, 0) is 4.74 Å². The van der Waals surface area contributed by atoms with E-state index in [4.69, 9.17) is 18.9 Å². The zero-order chi connectivity index (χ0) is 16.4. The second-order valence-electron chi connectivity index (χ2n) is 5.14. The van der Waals surface area contributed by atoms with E-state index in [2.05, 4.69) is 4.98 Å². The van der Waals surface area contributed by atoms with Crippen molar-refractivity contribution in [2.24, 2.45) is 0 Å². The number of nitrogens with zero attached hydrogens (tertiary/aromatic N) is 1. The minimum Gasteiger partial charge on any atom is -0.495 e. The lowest BCUT2D eigenvalue weighted by atomic mass is 10.1. The number of esters is 1. The van der Waals surface area contributed by atoms with Gasteiger partial charge in [-0.25, -0.2) is 4.79 Å². The summed E-state index contributed by atoms with van der Waals surface area (Å²) in [4.78, 5) is 16.0. The molecule has 0 N–H and O–H groups in total. The smallest absolute Gasteiger partial charge is 0.337 e. The number of hydrogen-bond acceptors (Lipinski definition) is 6. The molecule has 2 unspecified atom stereocenters. The Morgan fingerprint density at radius 2 is 1.96 bits per heavy atom. The van der Waals surface area contributed by atoms with Crippen LogP contribution in [0.15, 0.2) is 36.5 Å². The fraction of sp³-hybridized carbons (Fsp3) is 0.294. The summed E-state index contributed by atoms with van der Waals surface area (Å²) in [7, 11) is 2.93. The molecule has 0 amide bonds. The predicted molar refractivity (Wildman–Crippen MR) is 82.0 cm³/mol. The molecule has 0 radical (unpaired) electrons. The van der Waals surface area contributed by atoms with Gasteiger partial charge in [-0.3, -0.25) is 4.98 Å². The SMILES string of the molecule is COC(=O)c1ccc2c(c1)OC(c1ccc(OC)cn1)C(C)O2. The molecule has 6 heteroatoms. The lowest BCUT2D eigenvalue weighted by molar-refractivity contribution is 0.0278. The maximum absolute atomic E-state index is 11.6. The van der Waals surface area contributed by atoms with Crippen molar-refractivity contribution in [1.29, 1.82) is 0 Å². The van der Waals surface area contributed by atoms with Gasteiger partial charge in [-0.15, -0.1) is 0 Å². The Labute approximate surface area is 134 Å². The number of pyridine rings is 1. The van der Waals surface area contributed by atoms with Gasteiger partial charge in [0.1, 0.15) is 11.9 Å². The molecular weight excluding hydrogens is 298 g/mol. The number of fused-ring (bicyclic) bond motifs is 1. The Kier molecular flexibility index (Phi) is 4.06. The van der Waals surface area contributed by atoms with Crippen LogP contribution >= 0.6 is 0 Å². The minimum atomic E-state index is -0.422. The average molecular weight is 315 g/mol. The van der Waals surface area contributed by atoms with Gasteiger partial charge >= 0.3 is 5.97 Å². The van der Waals surface area contributed by atoms with E-state index in [1.807, 2.05) is 19.1 Å². The first kappa shape index (κ1) is 15.1. The van der Waals surface area contributed by atoms with Gasteiger partial charge in [0.2, 0.25) is 0 Å². The molecule has 0 saturated carbocycles. The maximum Gasteiger partial charge on any atom is 0.337 e. The van der Waals surface area contributed by atoms with E-state index < -0.39 is 5.97 Å². The van der Waals surface area contributed by atoms with E-state index in [0.29, 0.717) is 22.8 Å². The van der Waals surface area contributed by atoms with E-state index in [0.717, 1.165) is 5.69 Å². The number of carbonyl (C=O) groups excluding carboxylic acids is 1. The van der Waals surface area contributed by atoms with Gasteiger partial charge in [0.05, 0.1) is 31.7 Å². The number of aromatic nitrogens is 1. The van der Waals surface area contributed by atoms with Crippen LogP contribution in [0.5, 0.6) is 17.2 Å². The molecule has 23 heavy (non-hydrogen) atoms. The van der Waals surface area contributed by atoms with Crippen LogP contribution in [0.4, 0.5) is 0 Å². The Hall–Kier alpha value is -2.76. The van der Waals surface area contributed by atoms with Gasteiger partial charge in [-0.2, -0.15) is 0 Å². The first-order chi connectivity index (χ1) is 11.1. The predicted octanol–water partition coefficient (Wildman–Crippen LogP) is 2.78. The molecule has 0 spiro atoms. The van der Waals surface area contributed by atoms with E-state index in [1.54, 1.807) is 31.5 Å². The number of carbonyl (C=O) groups is 1. The zero-order valence-corrected chi connectivity index (χ0v) is 13.1. The molecule has 0 aliphatic carbocycles. The zero-order valence-electron chi connectivity index (χ0n) is 13.1. The third-order valence-electron chi connectivity index (χ3n) is 3.64. The van der Waals surface area contributed by atoms with Crippen molar-refractivity contribution >= 4 is 5.97 Å². The number of ether oxygens (including phenoxy) is 4. The van der Waals surface area contributed by atoms with E-state index in [1.165, 1.54) is 7.11 Å². The molecule has 0 saturated heterocycles. The fourth-order valence-electron chi connectivity index (χ4n) is 2.42. The molecular formula is C17H17NO5. The molecule has 0 bridgehead atoms. The molecule has 3 rings (SSSR count). The van der Waals surface area contributed by atoms with E-state index in [9.17, 15) is 4.79 Å². The highest BCUT2D eigenvalue weighted by Crippen LogP contribution is 2.39. The molecule has 1 aromatic heterocycles. The van der Waals surface area contributed by atoms with Crippen LogP contribution in [-0.4, -0.2) is 31.3 Å². The summed E-state index contributed by atoms with van der Waals surface area (Å²) in [5, 5.41) is 0. The minimum absolute atomic E-state index is 0.215. The van der Waals surface area contributed by atoms with Crippen LogP contribution < -0.4 is 14.2 Å². The third-order valence-corrected chi connectivity index (χ3v) is 3.64. The Morgan fingerprint density at radius 1 is 1.13 bits per heavy atom. The van der Waals surface area contributed by atoms with Gasteiger partial charge in [0.25, 0.3) is 0 Å². The van der Waals surface area contributed by atoms with Crippen molar-refractivity contribution < 1.29 is 23.7 Å². The summed E-state index contributed by atoms with van der Waals surface area (Å²) in [6.45, 7) is 1.91. The van der Waals surface area contributed by atoms with Gasteiger partial charge in [-0.05, 0) is 37.3 Å². The van der Waals surface area contributed by atoms with Crippen LogP contribution in [0.2, 0.25) is 0 Å². The maximum atomic E-state index is 11.6. The number of rotatable bonds is 3. The molecule has 6 nitrogen and oxygen atoms in total. The number of benzene rings is 1. The second-order valence-corrected chi connectivity index (χ2v) is 5.14. The van der Waals surface area contributed by atoms with Crippen molar-refractivity contribution in [2.45, 2.75) is 19.1 Å². The van der Waals surface area contributed by atoms with Crippen LogP contribution in [0, 0.1) is 0 Å². The summed E-state index contributed by atoms with van der Waals surface area (Å²) in [6.07, 6.45) is 1.04. The van der Waals surface area contributed by atoms with Crippen LogP contribution in [0.25, 0.3) is 0 Å². The molecule has 1 aliphatic rings. The monoisotopic (exact) mass is 315 g/mol. The molecule has 2 aromatic rings. The van der Waals surface area contributed by atoms with Gasteiger partial charge < -0.3 is 18.9 Å². The molecule has 0 fully saturated rings. The molecule has 1 aliphatic heterocycles.